The minimum Gasteiger partial charge on any atom is -0.203 e. The lowest BCUT2D eigenvalue weighted by molar-refractivity contribution is 0.700. The van der Waals surface area contributed by atoms with E-state index in [0.29, 0.717) is 5.02 Å². The Balaban J connectivity index is 2.23. The Morgan fingerprint density at radius 3 is 1.81 bits per heavy atom. The van der Waals surface area contributed by atoms with Gasteiger partial charge in [-0.1, -0.05) is 61.3 Å². The predicted octanol–water partition coefficient (Wildman–Crippen LogP) is 6.45. The molecule has 0 aliphatic heterocycles. The van der Waals surface area contributed by atoms with Crippen LogP contribution in [0.4, 0.5) is 8.78 Å². The fourth-order valence-corrected chi connectivity index (χ4v) is 2.17. The first kappa shape index (κ1) is 15.7. The van der Waals surface area contributed by atoms with Gasteiger partial charge in [0.2, 0.25) is 0 Å². The molecule has 0 saturated carbocycles. The zero-order valence-electron chi connectivity index (χ0n) is 11.9. The number of aryl methyl sites for hydroxylation is 1. The molecule has 2 aromatic rings. The molecule has 0 unspecified atom stereocenters. The molecular formula is C18H17ClF2. The van der Waals surface area contributed by atoms with Crippen LogP contribution >= 0.6 is 11.6 Å². The van der Waals surface area contributed by atoms with Crippen LogP contribution in [-0.2, 0) is 6.42 Å². The van der Waals surface area contributed by atoms with Gasteiger partial charge in [-0.25, -0.2) is 8.78 Å². The summed E-state index contributed by atoms with van der Waals surface area (Å²) in [6, 6.07) is 12.9. The van der Waals surface area contributed by atoms with Gasteiger partial charge < -0.3 is 0 Å². The summed E-state index contributed by atoms with van der Waals surface area (Å²) in [5, 5.41) is 0.493. The molecule has 0 heterocycles. The van der Waals surface area contributed by atoms with E-state index in [9.17, 15) is 8.78 Å². The van der Waals surface area contributed by atoms with E-state index in [4.69, 9.17) is 11.6 Å². The highest BCUT2D eigenvalue weighted by Gasteiger charge is 2.11. The lowest BCUT2D eigenvalue weighted by atomic mass is 10.0. The summed E-state index contributed by atoms with van der Waals surface area (Å²) in [6.07, 6.45) is 3.17. The molecule has 0 nitrogen and oxygen atoms in total. The van der Waals surface area contributed by atoms with E-state index in [2.05, 4.69) is 6.92 Å². The molecule has 2 aromatic carbocycles. The first-order valence-electron chi connectivity index (χ1n) is 7.02. The van der Waals surface area contributed by atoms with Gasteiger partial charge in [-0.05, 0) is 30.5 Å². The van der Waals surface area contributed by atoms with Gasteiger partial charge in [-0.3, -0.25) is 0 Å². The molecular weight excluding hydrogens is 290 g/mol. The van der Waals surface area contributed by atoms with Gasteiger partial charge in [0, 0.05) is 16.1 Å². The normalized spacial score (nSPS) is 12.2. The Morgan fingerprint density at radius 1 is 0.857 bits per heavy atom. The number of benzene rings is 2. The molecule has 0 N–H and O–H groups in total. The topological polar surface area (TPSA) is 0 Å². The molecule has 0 saturated heterocycles. The molecule has 0 spiro atoms. The highest BCUT2D eigenvalue weighted by atomic mass is 35.5. The van der Waals surface area contributed by atoms with Crippen molar-refractivity contribution in [2.75, 3.05) is 0 Å². The molecule has 0 radical (unpaired) electrons. The van der Waals surface area contributed by atoms with Crippen molar-refractivity contribution < 1.29 is 8.78 Å². The van der Waals surface area contributed by atoms with E-state index in [-0.39, 0.29) is 11.1 Å². The van der Waals surface area contributed by atoms with Crippen molar-refractivity contribution in [1.82, 2.24) is 0 Å². The van der Waals surface area contributed by atoms with Gasteiger partial charge in [0.15, 0.2) is 11.7 Å². The smallest absolute Gasteiger partial charge is 0.166 e. The lowest BCUT2D eigenvalue weighted by Gasteiger charge is -2.04. The lowest BCUT2D eigenvalue weighted by Crippen LogP contribution is -1.87. The van der Waals surface area contributed by atoms with Gasteiger partial charge in [0.1, 0.15) is 0 Å². The zero-order chi connectivity index (χ0) is 15.2. The molecule has 0 atom stereocenters. The quantitative estimate of drug-likeness (QED) is 0.557. The van der Waals surface area contributed by atoms with Crippen molar-refractivity contribution in [2.24, 2.45) is 0 Å². The Morgan fingerprint density at radius 2 is 1.33 bits per heavy atom. The van der Waals surface area contributed by atoms with Gasteiger partial charge in [0.05, 0.1) is 0 Å². The molecule has 21 heavy (non-hydrogen) atoms. The minimum atomic E-state index is -0.868. The van der Waals surface area contributed by atoms with Gasteiger partial charge in [0.25, 0.3) is 0 Å². The molecule has 0 amide bonds. The standard InChI is InChI=1S/C18H17ClF2/c1-2-3-4-13-5-7-14(8-6-13)17(20)18(21)15-9-11-16(19)12-10-15/h5-12H,2-4H2,1H3. The maximum Gasteiger partial charge on any atom is 0.166 e. The second-order valence-electron chi connectivity index (χ2n) is 4.94. The zero-order valence-corrected chi connectivity index (χ0v) is 12.6. The highest BCUT2D eigenvalue weighted by Crippen LogP contribution is 2.29. The van der Waals surface area contributed by atoms with E-state index in [1.807, 2.05) is 12.1 Å². The summed E-state index contributed by atoms with van der Waals surface area (Å²) in [5.74, 6) is -1.72. The second-order valence-corrected chi connectivity index (χ2v) is 5.37. The number of rotatable bonds is 5. The fraction of sp³-hybridized carbons (Fsp3) is 0.222. The molecule has 0 bridgehead atoms. The molecule has 3 heteroatoms. The van der Waals surface area contributed by atoms with Crippen LogP contribution in [0.2, 0.25) is 5.02 Å². The van der Waals surface area contributed by atoms with Gasteiger partial charge >= 0.3 is 0 Å². The largest absolute Gasteiger partial charge is 0.203 e. The van der Waals surface area contributed by atoms with Crippen LogP contribution in [0.25, 0.3) is 11.7 Å². The molecule has 2 rings (SSSR count). The Hall–Kier alpha value is -1.67. The Kier molecular flexibility index (Phi) is 5.51. The second kappa shape index (κ2) is 7.37. The minimum absolute atomic E-state index is 0.187. The van der Waals surface area contributed by atoms with Gasteiger partial charge in [-0.2, -0.15) is 0 Å². The average molecular weight is 307 g/mol. The van der Waals surface area contributed by atoms with Crippen molar-refractivity contribution >= 4 is 23.3 Å². The third-order valence-corrected chi connectivity index (χ3v) is 3.57. The predicted molar refractivity (Wildman–Crippen MR) is 85.5 cm³/mol. The Bertz CT molecular complexity index is 613. The third-order valence-electron chi connectivity index (χ3n) is 3.32. The van der Waals surface area contributed by atoms with Crippen LogP contribution in [0.15, 0.2) is 48.5 Å². The summed E-state index contributed by atoms with van der Waals surface area (Å²) >= 11 is 5.74. The van der Waals surface area contributed by atoms with Crippen molar-refractivity contribution in [3.8, 4) is 0 Å². The maximum atomic E-state index is 14.2. The van der Waals surface area contributed by atoms with E-state index < -0.39 is 11.7 Å². The number of hydrogen-bond donors (Lipinski definition) is 0. The molecule has 0 aliphatic carbocycles. The summed E-state index contributed by atoms with van der Waals surface area (Å²) in [5.41, 5.74) is 1.58. The van der Waals surface area contributed by atoms with Crippen LogP contribution in [0.3, 0.4) is 0 Å². The first-order chi connectivity index (χ1) is 10.1. The summed E-state index contributed by atoms with van der Waals surface area (Å²) in [4.78, 5) is 0. The molecule has 0 fully saturated rings. The van der Waals surface area contributed by atoms with Crippen LogP contribution in [0, 0.1) is 0 Å². The van der Waals surface area contributed by atoms with Gasteiger partial charge in [-0.15, -0.1) is 0 Å². The summed E-state index contributed by atoms with van der Waals surface area (Å²) in [7, 11) is 0. The van der Waals surface area contributed by atoms with Crippen LogP contribution < -0.4 is 0 Å². The van der Waals surface area contributed by atoms with Crippen LogP contribution in [-0.4, -0.2) is 0 Å². The first-order valence-corrected chi connectivity index (χ1v) is 7.40. The number of unbranched alkanes of at least 4 members (excludes halogenated alkanes) is 1. The molecule has 0 aromatic heterocycles. The van der Waals surface area contributed by atoms with E-state index in [1.165, 1.54) is 24.3 Å². The number of hydrogen-bond acceptors (Lipinski definition) is 0. The molecule has 110 valence electrons. The maximum absolute atomic E-state index is 14.2. The van der Waals surface area contributed by atoms with Crippen molar-refractivity contribution in [2.45, 2.75) is 26.2 Å². The van der Waals surface area contributed by atoms with Crippen molar-refractivity contribution in [3.05, 3.63) is 70.2 Å². The SMILES string of the molecule is CCCCc1ccc(C(F)=C(F)c2ccc(Cl)cc2)cc1. The van der Waals surface area contributed by atoms with E-state index in [1.54, 1.807) is 12.1 Å². The summed E-state index contributed by atoms with van der Waals surface area (Å²) in [6.45, 7) is 2.12. The summed E-state index contributed by atoms with van der Waals surface area (Å²) < 4.78 is 28.3. The van der Waals surface area contributed by atoms with Crippen molar-refractivity contribution in [1.29, 1.82) is 0 Å². The fourth-order valence-electron chi connectivity index (χ4n) is 2.05. The molecule has 0 aliphatic rings. The third kappa shape index (κ3) is 4.15. The van der Waals surface area contributed by atoms with Crippen LogP contribution in [0.1, 0.15) is 36.5 Å². The van der Waals surface area contributed by atoms with Crippen molar-refractivity contribution in [3.63, 3.8) is 0 Å². The van der Waals surface area contributed by atoms with E-state index >= 15 is 0 Å². The Labute approximate surface area is 129 Å². The number of halogens is 3. The van der Waals surface area contributed by atoms with E-state index in [0.717, 1.165) is 24.8 Å². The average Bonchev–Trinajstić information content (AvgIpc) is 2.53. The monoisotopic (exact) mass is 306 g/mol. The highest BCUT2D eigenvalue weighted by molar-refractivity contribution is 6.30. The van der Waals surface area contributed by atoms with Crippen LogP contribution in [0.5, 0.6) is 0 Å².